The number of carbonyl (C=O) groups is 1. The van der Waals surface area contributed by atoms with Crippen molar-refractivity contribution in [2.75, 3.05) is 0 Å². The van der Waals surface area contributed by atoms with Crippen molar-refractivity contribution in [1.29, 1.82) is 0 Å². The number of aryl methyl sites for hydroxylation is 1. The molecule has 3 aromatic rings. The van der Waals surface area contributed by atoms with Gasteiger partial charge in [0.05, 0.1) is 17.4 Å². The van der Waals surface area contributed by atoms with E-state index in [4.69, 9.17) is 4.74 Å². The molecule has 0 saturated heterocycles. The molecule has 2 heterocycles. The Bertz CT molecular complexity index is 811. The van der Waals surface area contributed by atoms with Gasteiger partial charge in [-0.25, -0.2) is 14.5 Å². The highest BCUT2D eigenvalue weighted by atomic mass is 79.9. The Labute approximate surface area is 134 Å². The fraction of sp³-hybridized carbons (Fsp3) is 0.143. The smallest absolute Gasteiger partial charge is 0.341 e. The molecular weight excluding hydrogens is 350 g/mol. The van der Waals surface area contributed by atoms with Gasteiger partial charge >= 0.3 is 5.97 Å². The van der Waals surface area contributed by atoms with Crippen molar-refractivity contribution in [3.8, 4) is 5.69 Å². The Morgan fingerprint density at radius 2 is 2.32 bits per heavy atom. The standard InChI is InChI=1S/C14H12BrN5O2/c1-9-17-13(19-18-9)8-22-14(21)10-6-16-20(7-10)12-4-2-3-11(15)5-12/h2-7H,8H2,1H3,(H,17,18,19). The molecule has 2 aromatic heterocycles. The van der Waals surface area contributed by atoms with Crippen LogP contribution in [-0.4, -0.2) is 30.9 Å². The third-order valence-electron chi connectivity index (χ3n) is 2.87. The number of hydrogen-bond acceptors (Lipinski definition) is 5. The zero-order chi connectivity index (χ0) is 15.5. The number of aromatic nitrogens is 5. The molecule has 0 spiro atoms. The minimum Gasteiger partial charge on any atom is -0.454 e. The molecule has 112 valence electrons. The third kappa shape index (κ3) is 3.22. The lowest BCUT2D eigenvalue weighted by Crippen LogP contribution is -2.05. The number of hydrogen-bond donors (Lipinski definition) is 1. The molecule has 0 atom stereocenters. The van der Waals surface area contributed by atoms with Crippen LogP contribution in [0.5, 0.6) is 0 Å². The normalized spacial score (nSPS) is 10.6. The summed E-state index contributed by atoms with van der Waals surface area (Å²) in [6.07, 6.45) is 3.08. The van der Waals surface area contributed by atoms with E-state index in [2.05, 4.69) is 36.2 Å². The maximum atomic E-state index is 12.0. The van der Waals surface area contributed by atoms with E-state index < -0.39 is 5.97 Å². The average molecular weight is 362 g/mol. The van der Waals surface area contributed by atoms with Crippen molar-refractivity contribution >= 4 is 21.9 Å². The van der Waals surface area contributed by atoms with Crippen LogP contribution in [0.15, 0.2) is 41.1 Å². The van der Waals surface area contributed by atoms with Gasteiger partial charge in [0, 0.05) is 10.7 Å². The van der Waals surface area contributed by atoms with E-state index >= 15 is 0 Å². The van der Waals surface area contributed by atoms with Gasteiger partial charge in [0.15, 0.2) is 12.4 Å². The molecule has 0 aliphatic heterocycles. The maximum Gasteiger partial charge on any atom is 0.341 e. The number of halogens is 1. The first-order valence-electron chi connectivity index (χ1n) is 6.47. The molecular formula is C14H12BrN5O2. The van der Waals surface area contributed by atoms with Crippen LogP contribution < -0.4 is 0 Å². The first-order chi connectivity index (χ1) is 10.6. The largest absolute Gasteiger partial charge is 0.454 e. The zero-order valence-electron chi connectivity index (χ0n) is 11.7. The van der Waals surface area contributed by atoms with E-state index in [1.165, 1.54) is 6.20 Å². The summed E-state index contributed by atoms with van der Waals surface area (Å²) in [4.78, 5) is 16.1. The van der Waals surface area contributed by atoms with Crippen molar-refractivity contribution in [2.45, 2.75) is 13.5 Å². The molecule has 22 heavy (non-hydrogen) atoms. The number of H-pyrrole nitrogens is 1. The molecule has 0 amide bonds. The van der Waals surface area contributed by atoms with Crippen LogP contribution >= 0.6 is 15.9 Å². The number of nitrogens with one attached hydrogen (secondary N) is 1. The minimum atomic E-state index is -0.469. The lowest BCUT2D eigenvalue weighted by Gasteiger charge is -2.01. The van der Waals surface area contributed by atoms with Crippen LogP contribution in [0.1, 0.15) is 22.0 Å². The molecule has 0 aliphatic carbocycles. The highest BCUT2D eigenvalue weighted by molar-refractivity contribution is 9.10. The van der Waals surface area contributed by atoms with Crippen LogP contribution in [0, 0.1) is 6.92 Å². The molecule has 0 aliphatic rings. The number of esters is 1. The molecule has 7 nitrogen and oxygen atoms in total. The molecule has 8 heteroatoms. The number of benzene rings is 1. The van der Waals surface area contributed by atoms with Crippen LogP contribution in [0.25, 0.3) is 5.69 Å². The Morgan fingerprint density at radius 3 is 3.05 bits per heavy atom. The SMILES string of the molecule is Cc1nc(COC(=O)c2cnn(-c3cccc(Br)c3)c2)n[nH]1. The van der Waals surface area contributed by atoms with Gasteiger partial charge in [-0.15, -0.1) is 0 Å². The van der Waals surface area contributed by atoms with Gasteiger partial charge < -0.3 is 4.74 Å². The fourth-order valence-electron chi connectivity index (χ4n) is 1.86. The van der Waals surface area contributed by atoms with Crippen molar-refractivity contribution < 1.29 is 9.53 Å². The summed E-state index contributed by atoms with van der Waals surface area (Å²) in [7, 11) is 0. The second-order valence-electron chi connectivity index (χ2n) is 4.57. The average Bonchev–Trinajstić information content (AvgIpc) is 3.14. The summed E-state index contributed by atoms with van der Waals surface area (Å²) in [6, 6.07) is 7.60. The Hall–Kier alpha value is -2.48. The lowest BCUT2D eigenvalue weighted by molar-refractivity contribution is 0.0462. The number of rotatable bonds is 4. The van der Waals surface area contributed by atoms with Gasteiger partial charge in [-0.05, 0) is 25.1 Å². The van der Waals surface area contributed by atoms with Crippen LogP contribution in [0.4, 0.5) is 0 Å². The summed E-state index contributed by atoms with van der Waals surface area (Å²) in [6.45, 7) is 1.80. The summed E-state index contributed by atoms with van der Waals surface area (Å²) in [5.74, 6) is 0.641. The van der Waals surface area contributed by atoms with Crippen molar-refractivity contribution in [2.24, 2.45) is 0 Å². The van der Waals surface area contributed by atoms with Crippen LogP contribution in [0.3, 0.4) is 0 Å². The van der Waals surface area contributed by atoms with E-state index in [1.807, 2.05) is 24.3 Å². The van der Waals surface area contributed by atoms with Gasteiger partial charge in [-0.1, -0.05) is 22.0 Å². The van der Waals surface area contributed by atoms with Crippen molar-refractivity contribution in [1.82, 2.24) is 25.0 Å². The topological polar surface area (TPSA) is 85.7 Å². The highest BCUT2D eigenvalue weighted by Gasteiger charge is 2.12. The number of carbonyl (C=O) groups excluding carboxylic acids is 1. The zero-order valence-corrected chi connectivity index (χ0v) is 13.2. The molecule has 0 radical (unpaired) electrons. The Kier molecular flexibility index (Phi) is 4.01. The van der Waals surface area contributed by atoms with Crippen LogP contribution in [0.2, 0.25) is 0 Å². The number of aromatic amines is 1. The van der Waals surface area contributed by atoms with Gasteiger partial charge in [-0.2, -0.15) is 10.2 Å². The van der Waals surface area contributed by atoms with Gasteiger partial charge in [0.2, 0.25) is 0 Å². The summed E-state index contributed by atoms with van der Waals surface area (Å²) in [5, 5.41) is 10.8. The highest BCUT2D eigenvalue weighted by Crippen LogP contribution is 2.15. The predicted molar refractivity (Wildman–Crippen MR) is 81.5 cm³/mol. The fourth-order valence-corrected chi connectivity index (χ4v) is 2.24. The third-order valence-corrected chi connectivity index (χ3v) is 3.36. The summed E-state index contributed by atoms with van der Waals surface area (Å²) >= 11 is 3.40. The van der Waals surface area contributed by atoms with Gasteiger partial charge in [-0.3, -0.25) is 5.10 Å². The van der Waals surface area contributed by atoms with E-state index in [9.17, 15) is 4.79 Å². The summed E-state index contributed by atoms with van der Waals surface area (Å²) < 4.78 is 7.70. The molecule has 1 aromatic carbocycles. The van der Waals surface area contributed by atoms with Crippen molar-refractivity contribution in [3.63, 3.8) is 0 Å². The molecule has 0 unspecified atom stereocenters. The van der Waals surface area contributed by atoms with Crippen LogP contribution in [-0.2, 0) is 11.3 Å². The quantitative estimate of drug-likeness (QED) is 0.721. The van der Waals surface area contributed by atoms with E-state index in [0.717, 1.165) is 10.2 Å². The lowest BCUT2D eigenvalue weighted by atomic mass is 10.3. The number of ether oxygens (including phenoxy) is 1. The molecule has 0 fully saturated rings. The van der Waals surface area contributed by atoms with Crippen molar-refractivity contribution in [3.05, 3.63) is 58.3 Å². The molecule has 3 rings (SSSR count). The molecule has 0 bridgehead atoms. The Balaban J connectivity index is 1.69. The van der Waals surface area contributed by atoms with E-state index in [1.54, 1.807) is 17.8 Å². The first-order valence-corrected chi connectivity index (χ1v) is 7.27. The van der Waals surface area contributed by atoms with E-state index in [0.29, 0.717) is 17.2 Å². The van der Waals surface area contributed by atoms with Gasteiger partial charge in [0.25, 0.3) is 0 Å². The maximum absolute atomic E-state index is 12.0. The Morgan fingerprint density at radius 1 is 1.45 bits per heavy atom. The molecule has 0 saturated carbocycles. The monoisotopic (exact) mass is 361 g/mol. The predicted octanol–water partition coefficient (Wildman–Crippen LogP) is 2.42. The summed E-state index contributed by atoms with van der Waals surface area (Å²) in [5.41, 5.74) is 1.21. The number of nitrogens with zero attached hydrogens (tertiary/aromatic N) is 4. The minimum absolute atomic E-state index is 0.0191. The second-order valence-corrected chi connectivity index (χ2v) is 5.48. The first kappa shape index (κ1) is 14.5. The molecule has 1 N–H and O–H groups in total. The van der Waals surface area contributed by atoms with Gasteiger partial charge in [0.1, 0.15) is 5.82 Å². The van der Waals surface area contributed by atoms with E-state index in [-0.39, 0.29) is 6.61 Å². The second kappa shape index (κ2) is 6.10.